The summed E-state index contributed by atoms with van der Waals surface area (Å²) in [6.45, 7) is 3.33. The maximum atomic E-state index is 13.7. The summed E-state index contributed by atoms with van der Waals surface area (Å²) in [6, 6.07) is 10.3. The second kappa shape index (κ2) is 12.1. The second-order valence-electron chi connectivity index (χ2n) is 9.23. The van der Waals surface area contributed by atoms with E-state index in [1.54, 1.807) is 0 Å². The Morgan fingerprint density at radius 2 is 1.83 bits per heavy atom. The highest BCUT2D eigenvalue weighted by atomic mass is 35.5. The second-order valence-corrected chi connectivity index (χ2v) is 11.5. The molecule has 1 fully saturated rings. The van der Waals surface area contributed by atoms with Crippen LogP contribution in [0.3, 0.4) is 0 Å². The number of hydrogen-bond donors (Lipinski definition) is 1. The molecular formula is C26H33ClFN3O4S. The summed E-state index contributed by atoms with van der Waals surface area (Å²) in [6.07, 6.45) is 5.24. The van der Waals surface area contributed by atoms with Crippen LogP contribution in [-0.2, 0) is 26.2 Å². The number of rotatable bonds is 10. The average molecular weight is 538 g/mol. The molecule has 1 N–H and O–H groups in total. The first-order valence-electron chi connectivity index (χ1n) is 12.1. The fourth-order valence-electron chi connectivity index (χ4n) is 4.51. The monoisotopic (exact) mass is 537 g/mol. The fraction of sp³-hybridized carbons (Fsp3) is 0.462. The molecule has 1 aliphatic rings. The van der Waals surface area contributed by atoms with Crippen LogP contribution in [-0.4, -0.2) is 50.0 Å². The molecule has 0 aliphatic heterocycles. The zero-order valence-electron chi connectivity index (χ0n) is 20.8. The minimum atomic E-state index is -3.92. The third kappa shape index (κ3) is 6.97. The van der Waals surface area contributed by atoms with Gasteiger partial charge >= 0.3 is 0 Å². The van der Waals surface area contributed by atoms with Gasteiger partial charge in [-0.2, -0.15) is 0 Å². The summed E-state index contributed by atoms with van der Waals surface area (Å²) in [5, 5.41) is 2.81. The molecule has 2 amide bonds. The lowest BCUT2D eigenvalue weighted by Gasteiger charge is -2.33. The van der Waals surface area contributed by atoms with Gasteiger partial charge in [0.1, 0.15) is 18.4 Å². The van der Waals surface area contributed by atoms with Crippen molar-refractivity contribution >= 4 is 39.1 Å². The Bertz CT molecular complexity index is 1200. The van der Waals surface area contributed by atoms with Crippen LogP contribution in [0.2, 0.25) is 5.02 Å². The molecule has 0 saturated heterocycles. The van der Waals surface area contributed by atoms with Crippen molar-refractivity contribution in [3.63, 3.8) is 0 Å². The van der Waals surface area contributed by atoms with Crippen molar-refractivity contribution in [1.29, 1.82) is 0 Å². The number of amides is 2. The van der Waals surface area contributed by atoms with Crippen molar-refractivity contribution in [3.05, 3.63) is 64.4 Å². The lowest BCUT2D eigenvalue weighted by atomic mass is 10.1. The number of anilines is 1. The molecule has 36 heavy (non-hydrogen) atoms. The third-order valence-corrected chi connectivity index (χ3v) is 7.99. The smallest absolute Gasteiger partial charge is 0.244 e. The summed E-state index contributed by atoms with van der Waals surface area (Å²) in [7, 11) is -3.92. The average Bonchev–Trinajstić information content (AvgIpc) is 3.32. The van der Waals surface area contributed by atoms with E-state index in [2.05, 4.69) is 5.32 Å². The van der Waals surface area contributed by atoms with Crippen molar-refractivity contribution in [2.75, 3.05) is 17.1 Å². The third-order valence-electron chi connectivity index (χ3n) is 6.56. The SMILES string of the molecule is CC[C@@H](C(=O)NC1CCCC1)N(Cc1ccccc1C)C(=O)CN(c1ccc(F)c(Cl)c1)S(C)(=O)=O. The molecule has 3 rings (SSSR count). The van der Waals surface area contributed by atoms with Crippen LogP contribution in [0.15, 0.2) is 42.5 Å². The first-order chi connectivity index (χ1) is 17.0. The Labute approximate surface area is 217 Å². The van der Waals surface area contributed by atoms with Crippen molar-refractivity contribution in [3.8, 4) is 0 Å². The Morgan fingerprint density at radius 3 is 2.42 bits per heavy atom. The van der Waals surface area contributed by atoms with Crippen LogP contribution in [0, 0.1) is 12.7 Å². The minimum absolute atomic E-state index is 0.0662. The van der Waals surface area contributed by atoms with Crippen molar-refractivity contribution < 1.29 is 22.4 Å². The van der Waals surface area contributed by atoms with Gasteiger partial charge in [0.25, 0.3) is 0 Å². The number of aryl methyl sites for hydroxylation is 1. The summed E-state index contributed by atoms with van der Waals surface area (Å²) in [5.41, 5.74) is 1.87. The topological polar surface area (TPSA) is 86.8 Å². The van der Waals surface area contributed by atoms with Crippen LogP contribution in [0.5, 0.6) is 0 Å². The van der Waals surface area contributed by atoms with Gasteiger partial charge in [-0.15, -0.1) is 0 Å². The van der Waals surface area contributed by atoms with Crippen molar-refractivity contribution in [1.82, 2.24) is 10.2 Å². The van der Waals surface area contributed by atoms with Gasteiger partial charge in [0, 0.05) is 12.6 Å². The van der Waals surface area contributed by atoms with E-state index in [0.29, 0.717) is 6.42 Å². The van der Waals surface area contributed by atoms with Crippen LogP contribution in [0.25, 0.3) is 0 Å². The molecule has 196 valence electrons. The highest BCUT2D eigenvalue weighted by Crippen LogP contribution is 2.25. The number of carbonyl (C=O) groups is 2. The normalized spacial score (nSPS) is 14.9. The highest BCUT2D eigenvalue weighted by molar-refractivity contribution is 7.92. The number of hydrogen-bond acceptors (Lipinski definition) is 4. The lowest BCUT2D eigenvalue weighted by molar-refractivity contribution is -0.140. The molecule has 0 spiro atoms. The Balaban J connectivity index is 1.94. The Hall–Kier alpha value is -2.65. The quantitative estimate of drug-likeness (QED) is 0.486. The molecule has 10 heteroatoms. The molecule has 1 saturated carbocycles. The van der Waals surface area contributed by atoms with E-state index in [-0.39, 0.29) is 29.2 Å². The van der Waals surface area contributed by atoms with Crippen LogP contribution in [0.1, 0.15) is 50.2 Å². The molecule has 7 nitrogen and oxygen atoms in total. The largest absolute Gasteiger partial charge is 0.352 e. The predicted octanol–water partition coefficient (Wildman–Crippen LogP) is 4.42. The highest BCUT2D eigenvalue weighted by Gasteiger charge is 2.33. The van der Waals surface area contributed by atoms with E-state index in [0.717, 1.165) is 53.4 Å². The number of nitrogens with one attached hydrogen (secondary N) is 1. The van der Waals surface area contributed by atoms with Gasteiger partial charge in [-0.25, -0.2) is 12.8 Å². The van der Waals surface area contributed by atoms with E-state index in [1.807, 2.05) is 38.1 Å². The van der Waals surface area contributed by atoms with E-state index >= 15 is 0 Å². The first-order valence-corrected chi connectivity index (χ1v) is 14.3. The van der Waals surface area contributed by atoms with Gasteiger partial charge in [-0.1, -0.05) is 55.6 Å². The van der Waals surface area contributed by atoms with E-state index in [1.165, 1.54) is 17.0 Å². The van der Waals surface area contributed by atoms with Crippen LogP contribution >= 0.6 is 11.6 Å². The van der Waals surface area contributed by atoms with Crippen molar-refractivity contribution in [2.24, 2.45) is 0 Å². The number of carbonyl (C=O) groups excluding carboxylic acids is 2. The minimum Gasteiger partial charge on any atom is -0.352 e. The molecule has 0 bridgehead atoms. The van der Waals surface area contributed by atoms with E-state index in [4.69, 9.17) is 11.6 Å². The molecule has 1 atom stereocenters. The lowest BCUT2D eigenvalue weighted by Crippen LogP contribution is -2.53. The molecule has 0 aromatic heterocycles. The summed E-state index contributed by atoms with van der Waals surface area (Å²) < 4.78 is 39.9. The summed E-state index contributed by atoms with van der Waals surface area (Å²) in [5.74, 6) is -1.49. The molecular weight excluding hydrogens is 505 g/mol. The number of sulfonamides is 1. The van der Waals surface area contributed by atoms with Gasteiger partial charge in [-0.3, -0.25) is 13.9 Å². The Morgan fingerprint density at radius 1 is 1.17 bits per heavy atom. The number of nitrogens with zero attached hydrogens (tertiary/aromatic N) is 2. The molecule has 0 heterocycles. The van der Waals surface area contributed by atoms with E-state index < -0.39 is 34.3 Å². The van der Waals surface area contributed by atoms with E-state index in [9.17, 15) is 22.4 Å². The van der Waals surface area contributed by atoms with Crippen LogP contribution in [0.4, 0.5) is 10.1 Å². The fourth-order valence-corrected chi connectivity index (χ4v) is 5.53. The zero-order chi connectivity index (χ0) is 26.5. The van der Waals surface area contributed by atoms with Gasteiger partial charge in [0.05, 0.1) is 17.0 Å². The van der Waals surface area contributed by atoms with Gasteiger partial charge < -0.3 is 10.2 Å². The molecule has 2 aromatic carbocycles. The predicted molar refractivity (Wildman–Crippen MR) is 140 cm³/mol. The van der Waals surface area contributed by atoms with Gasteiger partial charge in [0.2, 0.25) is 21.8 Å². The van der Waals surface area contributed by atoms with Crippen molar-refractivity contribution in [2.45, 2.75) is 64.6 Å². The molecule has 1 aliphatic carbocycles. The van der Waals surface area contributed by atoms with Gasteiger partial charge in [0.15, 0.2) is 0 Å². The summed E-state index contributed by atoms with van der Waals surface area (Å²) in [4.78, 5) is 28.4. The number of benzene rings is 2. The maximum Gasteiger partial charge on any atom is 0.244 e. The molecule has 0 radical (unpaired) electrons. The molecule has 0 unspecified atom stereocenters. The maximum absolute atomic E-state index is 13.7. The Kier molecular flexibility index (Phi) is 9.35. The first kappa shape index (κ1) is 27.9. The molecule has 2 aromatic rings. The van der Waals surface area contributed by atoms with Gasteiger partial charge in [-0.05, 0) is 55.5 Å². The standard InChI is InChI=1S/C26H33ClFN3O4S/c1-4-24(26(33)29-20-11-7-8-12-20)30(16-19-10-6-5-9-18(19)2)25(32)17-31(36(3,34)35)21-13-14-23(28)22(27)15-21/h5-6,9-10,13-15,20,24H,4,7-8,11-12,16-17H2,1-3H3,(H,29,33)/t24-/m0/s1. The number of halogens is 2. The van der Waals surface area contributed by atoms with Crippen LogP contribution < -0.4 is 9.62 Å². The summed E-state index contributed by atoms with van der Waals surface area (Å²) >= 11 is 5.88. The zero-order valence-corrected chi connectivity index (χ0v) is 22.4.